The Hall–Kier alpha value is -2.92. The summed E-state index contributed by atoms with van der Waals surface area (Å²) >= 11 is 6.33. The maximum Gasteiger partial charge on any atom is 0.284 e. The highest BCUT2D eigenvalue weighted by molar-refractivity contribution is 6.34. The monoisotopic (exact) mass is 404 g/mol. The Morgan fingerprint density at radius 3 is 2.69 bits per heavy atom. The molecule has 5 nitrogen and oxygen atoms in total. The molecule has 5 rings (SSSR count). The first-order valence-corrected chi connectivity index (χ1v) is 10.3. The lowest BCUT2D eigenvalue weighted by molar-refractivity contribution is -0.114. The maximum absolute atomic E-state index is 13.5. The van der Waals surface area contributed by atoms with E-state index in [9.17, 15) is 4.79 Å². The highest BCUT2D eigenvalue weighted by Crippen LogP contribution is 2.35. The predicted molar refractivity (Wildman–Crippen MR) is 117 cm³/mol. The summed E-state index contributed by atoms with van der Waals surface area (Å²) in [6.45, 7) is 1.31. The van der Waals surface area contributed by atoms with Gasteiger partial charge in [0.15, 0.2) is 0 Å². The first kappa shape index (κ1) is 18.1. The fourth-order valence-electron chi connectivity index (χ4n) is 4.23. The van der Waals surface area contributed by atoms with Gasteiger partial charge in [-0.3, -0.25) is 14.7 Å². The minimum atomic E-state index is -0.0724. The van der Waals surface area contributed by atoms with Crippen molar-refractivity contribution in [3.63, 3.8) is 0 Å². The lowest BCUT2D eigenvalue weighted by Crippen LogP contribution is -2.34. The van der Waals surface area contributed by atoms with Crippen LogP contribution in [0.3, 0.4) is 0 Å². The molecule has 0 aliphatic carbocycles. The molecule has 2 aromatic rings. The summed E-state index contributed by atoms with van der Waals surface area (Å²) in [5.74, 6) is 0.600. The molecule has 146 valence electrons. The Morgan fingerprint density at radius 1 is 1.07 bits per heavy atom. The molecular weight excluding hydrogens is 384 g/mol. The molecule has 29 heavy (non-hydrogen) atoms. The van der Waals surface area contributed by atoms with Crippen molar-refractivity contribution in [2.75, 3.05) is 25.0 Å². The van der Waals surface area contributed by atoms with Crippen LogP contribution in [0.4, 0.5) is 5.69 Å². The maximum atomic E-state index is 13.5. The minimum absolute atomic E-state index is 0.0724. The normalized spacial score (nSPS) is 21.4. The van der Waals surface area contributed by atoms with Gasteiger partial charge in [-0.05, 0) is 37.5 Å². The Kier molecular flexibility index (Phi) is 4.47. The smallest absolute Gasteiger partial charge is 0.284 e. The third-order valence-electron chi connectivity index (χ3n) is 5.68. The predicted octanol–water partition coefficient (Wildman–Crippen LogP) is 4.26. The van der Waals surface area contributed by atoms with E-state index in [0.717, 1.165) is 54.0 Å². The Balaban J connectivity index is 1.67. The van der Waals surface area contributed by atoms with E-state index in [1.807, 2.05) is 55.6 Å². The van der Waals surface area contributed by atoms with E-state index in [0.29, 0.717) is 23.1 Å². The first-order valence-electron chi connectivity index (χ1n) is 9.89. The largest absolute Gasteiger partial charge is 0.376 e. The van der Waals surface area contributed by atoms with E-state index in [4.69, 9.17) is 21.6 Å². The number of amidine groups is 1. The van der Waals surface area contributed by atoms with Gasteiger partial charge in [0.2, 0.25) is 0 Å². The molecule has 6 heteroatoms. The summed E-state index contributed by atoms with van der Waals surface area (Å²) < 4.78 is 0. The number of likely N-dealkylation sites (tertiary alicyclic amines) is 1. The fraction of sp³-hybridized carbons (Fsp3) is 0.261. The second-order valence-corrected chi connectivity index (χ2v) is 7.97. The van der Waals surface area contributed by atoms with Crippen LogP contribution >= 0.6 is 11.6 Å². The highest BCUT2D eigenvalue weighted by atomic mass is 35.5. The topological polar surface area (TPSA) is 48.3 Å². The van der Waals surface area contributed by atoms with Crippen molar-refractivity contribution in [2.24, 2.45) is 9.98 Å². The van der Waals surface area contributed by atoms with Crippen molar-refractivity contribution >= 4 is 34.7 Å². The van der Waals surface area contributed by atoms with Crippen molar-refractivity contribution in [1.29, 1.82) is 0 Å². The number of hydrogen-bond acceptors (Lipinski definition) is 4. The number of fused-ring (bicyclic) bond motifs is 3. The Morgan fingerprint density at radius 2 is 1.90 bits per heavy atom. The van der Waals surface area contributed by atoms with Crippen LogP contribution in [-0.2, 0) is 4.79 Å². The number of carbonyl (C=O) groups excluding carboxylic acids is 1. The van der Waals surface area contributed by atoms with Crippen LogP contribution in [0, 0.1) is 0 Å². The molecule has 3 heterocycles. The van der Waals surface area contributed by atoms with Crippen molar-refractivity contribution in [1.82, 2.24) is 4.90 Å². The number of aliphatic imine (C=N–C) groups is 2. The van der Waals surface area contributed by atoms with Crippen molar-refractivity contribution < 1.29 is 4.79 Å². The second kappa shape index (κ2) is 7.16. The van der Waals surface area contributed by atoms with E-state index < -0.39 is 0 Å². The molecule has 0 N–H and O–H groups in total. The van der Waals surface area contributed by atoms with Crippen molar-refractivity contribution in [3.8, 4) is 0 Å². The number of hydrogen-bond donors (Lipinski definition) is 0. The lowest BCUT2D eigenvalue weighted by atomic mass is 10.00. The van der Waals surface area contributed by atoms with Gasteiger partial charge in [0.1, 0.15) is 11.5 Å². The van der Waals surface area contributed by atoms with Gasteiger partial charge in [0.25, 0.3) is 5.91 Å². The molecule has 0 unspecified atom stereocenters. The SMILES string of the molecule is CN1CCCC/C1=C1/N=C2CN=C(c3ccccc3)c3cc(Cl)ccc3N2C1=O. The molecular formula is C23H21ClN4O. The number of anilines is 1. The average molecular weight is 405 g/mol. The van der Waals surface area contributed by atoms with Gasteiger partial charge in [-0.25, -0.2) is 4.99 Å². The molecule has 0 saturated carbocycles. The summed E-state index contributed by atoms with van der Waals surface area (Å²) in [5.41, 5.74) is 5.05. The summed E-state index contributed by atoms with van der Waals surface area (Å²) in [6.07, 6.45) is 3.12. The molecule has 0 bridgehead atoms. The number of piperidine rings is 1. The van der Waals surface area contributed by atoms with Crippen molar-refractivity contribution in [2.45, 2.75) is 19.3 Å². The van der Waals surface area contributed by atoms with Gasteiger partial charge >= 0.3 is 0 Å². The van der Waals surface area contributed by atoms with Crippen LogP contribution in [0.5, 0.6) is 0 Å². The van der Waals surface area contributed by atoms with E-state index in [1.54, 1.807) is 4.90 Å². The molecule has 1 saturated heterocycles. The summed E-state index contributed by atoms with van der Waals surface area (Å²) in [4.78, 5) is 27.0. The van der Waals surface area contributed by atoms with E-state index >= 15 is 0 Å². The molecule has 3 aliphatic rings. The molecule has 0 aromatic heterocycles. The van der Waals surface area contributed by atoms with Gasteiger partial charge in [0, 0.05) is 35.4 Å². The van der Waals surface area contributed by atoms with Crippen LogP contribution in [0.2, 0.25) is 5.02 Å². The van der Waals surface area contributed by atoms with Gasteiger partial charge in [-0.1, -0.05) is 41.9 Å². The first-order chi connectivity index (χ1) is 14.1. The average Bonchev–Trinajstić information content (AvgIpc) is 2.96. The number of carbonyl (C=O) groups is 1. The van der Waals surface area contributed by atoms with E-state index in [-0.39, 0.29) is 5.91 Å². The van der Waals surface area contributed by atoms with Crippen molar-refractivity contribution in [3.05, 3.63) is 76.1 Å². The number of halogens is 1. The number of rotatable bonds is 1. The third-order valence-corrected chi connectivity index (χ3v) is 5.91. The molecule has 1 amide bonds. The van der Waals surface area contributed by atoms with Crippen LogP contribution in [0.15, 0.2) is 69.9 Å². The zero-order valence-corrected chi connectivity index (χ0v) is 17.0. The minimum Gasteiger partial charge on any atom is -0.376 e. The number of allylic oxidation sites excluding steroid dienone is 1. The molecule has 3 aliphatic heterocycles. The molecule has 2 aromatic carbocycles. The number of nitrogens with zero attached hydrogens (tertiary/aromatic N) is 4. The fourth-order valence-corrected chi connectivity index (χ4v) is 4.40. The van der Waals surface area contributed by atoms with Crippen LogP contribution in [0.1, 0.15) is 30.4 Å². The van der Waals surface area contributed by atoms with Crippen LogP contribution in [0.25, 0.3) is 0 Å². The van der Waals surface area contributed by atoms with Crippen LogP contribution in [-0.4, -0.2) is 42.5 Å². The van der Waals surface area contributed by atoms with Gasteiger partial charge in [-0.15, -0.1) is 0 Å². The number of amides is 1. The second-order valence-electron chi connectivity index (χ2n) is 7.53. The van der Waals surface area contributed by atoms with E-state index in [1.165, 1.54) is 0 Å². The van der Waals surface area contributed by atoms with E-state index in [2.05, 4.69) is 4.90 Å². The summed E-state index contributed by atoms with van der Waals surface area (Å²) in [6, 6.07) is 15.6. The third kappa shape index (κ3) is 3.06. The van der Waals surface area contributed by atoms with Gasteiger partial charge in [-0.2, -0.15) is 0 Å². The quantitative estimate of drug-likeness (QED) is 0.666. The highest BCUT2D eigenvalue weighted by Gasteiger charge is 2.37. The zero-order chi connectivity index (χ0) is 20.0. The van der Waals surface area contributed by atoms with Gasteiger partial charge < -0.3 is 4.90 Å². The van der Waals surface area contributed by atoms with Crippen LogP contribution < -0.4 is 4.90 Å². The zero-order valence-electron chi connectivity index (χ0n) is 16.2. The number of benzene rings is 2. The summed E-state index contributed by atoms with van der Waals surface area (Å²) in [5, 5.41) is 0.616. The molecule has 0 spiro atoms. The Labute approximate surface area is 175 Å². The summed E-state index contributed by atoms with van der Waals surface area (Å²) in [7, 11) is 2.04. The molecule has 0 atom stereocenters. The molecule has 1 fully saturated rings. The molecule has 0 radical (unpaired) electrons. The Bertz CT molecular complexity index is 1090. The lowest BCUT2D eigenvalue weighted by Gasteiger charge is -2.28. The van der Waals surface area contributed by atoms with Gasteiger partial charge in [0.05, 0.1) is 17.9 Å². The standard InChI is InChI=1S/C23H21ClN4O/c1-27-12-6-5-9-19(27)22-23(29)28-18-11-10-16(24)13-17(18)21(25-14-20(28)26-22)15-7-3-2-4-8-15/h2-4,7-8,10-11,13H,5-6,9,12,14H2,1H3/b22-19-.